The summed E-state index contributed by atoms with van der Waals surface area (Å²) in [4.78, 5) is 0. The second-order valence-corrected chi connectivity index (χ2v) is 5.68. The first-order valence-corrected chi connectivity index (χ1v) is 6.52. The van der Waals surface area contributed by atoms with Gasteiger partial charge in [0.05, 0.1) is 5.60 Å². The Labute approximate surface area is 99.6 Å². The number of aliphatic hydroxyl groups excluding tert-OH is 1. The molecule has 16 heavy (non-hydrogen) atoms. The van der Waals surface area contributed by atoms with Crippen molar-refractivity contribution in [3.8, 4) is 0 Å². The van der Waals surface area contributed by atoms with Crippen molar-refractivity contribution in [2.75, 3.05) is 19.8 Å². The van der Waals surface area contributed by atoms with Gasteiger partial charge < -0.3 is 15.2 Å². The van der Waals surface area contributed by atoms with Gasteiger partial charge in [-0.15, -0.1) is 0 Å². The van der Waals surface area contributed by atoms with Crippen LogP contribution in [-0.2, 0) is 4.74 Å². The van der Waals surface area contributed by atoms with Gasteiger partial charge in [0.15, 0.2) is 0 Å². The van der Waals surface area contributed by atoms with Gasteiger partial charge in [-0.2, -0.15) is 0 Å². The predicted molar refractivity (Wildman–Crippen MR) is 66.5 cm³/mol. The average Bonchev–Trinajstić information content (AvgIpc) is 2.22. The zero-order valence-electron chi connectivity index (χ0n) is 11.0. The molecule has 0 radical (unpaired) electrons. The Hall–Kier alpha value is -0.120. The van der Waals surface area contributed by atoms with Crippen LogP contribution in [0.2, 0.25) is 0 Å². The summed E-state index contributed by atoms with van der Waals surface area (Å²) in [5, 5.41) is 12.5. The molecule has 0 saturated carbocycles. The van der Waals surface area contributed by atoms with Crippen LogP contribution in [0.15, 0.2) is 0 Å². The molecule has 0 bridgehead atoms. The van der Waals surface area contributed by atoms with Gasteiger partial charge in [-0.05, 0) is 52.0 Å². The number of ether oxygens (including phenoxy) is 1. The minimum Gasteiger partial charge on any atom is -0.396 e. The fourth-order valence-corrected chi connectivity index (χ4v) is 2.25. The van der Waals surface area contributed by atoms with E-state index in [9.17, 15) is 0 Å². The van der Waals surface area contributed by atoms with Gasteiger partial charge in [-0.3, -0.25) is 0 Å². The van der Waals surface area contributed by atoms with E-state index in [-0.39, 0.29) is 5.60 Å². The fraction of sp³-hybridized carbons (Fsp3) is 1.00. The van der Waals surface area contributed by atoms with Crippen LogP contribution in [-0.4, -0.2) is 36.5 Å². The molecule has 2 unspecified atom stereocenters. The van der Waals surface area contributed by atoms with Crippen LogP contribution in [0.4, 0.5) is 0 Å². The van der Waals surface area contributed by atoms with E-state index in [0.29, 0.717) is 18.6 Å². The van der Waals surface area contributed by atoms with Crippen LogP contribution in [0.25, 0.3) is 0 Å². The zero-order valence-corrected chi connectivity index (χ0v) is 11.0. The lowest BCUT2D eigenvalue weighted by Crippen LogP contribution is -2.44. The van der Waals surface area contributed by atoms with Gasteiger partial charge in [0, 0.05) is 19.3 Å². The van der Waals surface area contributed by atoms with Crippen molar-refractivity contribution in [2.45, 2.75) is 58.1 Å². The molecule has 2 atom stereocenters. The third-order valence-corrected chi connectivity index (χ3v) is 3.32. The highest BCUT2D eigenvalue weighted by molar-refractivity contribution is 4.82. The van der Waals surface area contributed by atoms with E-state index in [1.54, 1.807) is 0 Å². The molecular weight excluding hydrogens is 202 g/mol. The third-order valence-electron chi connectivity index (χ3n) is 3.32. The van der Waals surface area contributed by atoms with E-state index < -0.39 is 0 Å². The molecule has 0 amide bonds. The van der Waals surface area contributed by atoms with Crippen molar-refractivity contribution in [3.63, 3.8) is 0 Å². The van der Waals surface area contributed by atoms with Gasteiger partial charge in [-0.1, -0.05) is 6.92 Å². The number of rotatable bonds is 6. The predicted octanol–water partition coefficient (Wildman–Crippen LogP) is 1.94. The van der Waals surface area contributed by atoms with Crippen molar-refractivity contribution in [1.29, 1.82) is 0 Å². The van der Waals surface area contributed by atoms with Crippen molar-refractivity contribution in [2.24, 2.45) is 5.92 Å². The largest absolute Gasteiger partial charge is 0.396 e. The summed E-state index contributed by atoms with van der Waals surface area (Å²) >= 11 is 0. The van der Waals surface area contributed by atoms with Crippen LogP contribution in [0, 0.1) is 5.92 Å². The van der Waals surface area contributed by atoms with Gasteiger partial charge >= 0.3 is 0 Å². The van der Waals surface area contributed by atoms with E-state index in [0.717, 1.165) is 38.8 Å². The quantitative estimate of drug-likeness (QED) is 0.684. The zero-order chi connectivity index (χ0) is 12.0. The minimum absolute atomic E-state index is 0.0360. The second kappa shape index (κ2) is 6.58. The van der Waals surface area contributed by atoms with E-state index in [2.05, 4.69) is 26.1 Å². The molecule has 1 saturated heterocycles. The van der Waals surface area contributed by atoms with E-state index >= 15 is 0 Å². The Kier molecular flexibility index (Phi) is 5.73. The summed E-state index contributed by atoms with van der Waals surface area (Å²) in [5.41, 5.74) is 0.0360. The lowest BCUT2D eigenvalue weighted by atomic mass is 9.94. The van der Waals surface area contributed by atoms with Crippen molar-refractivity contribution >= 4 is 0 Å². The Bertz CT molecular complexity index is 194. The molecule has 3 nitrogen and oxygen atoms in total. The third kappa shape index (κ3) is 5.28. The van der Waals surface area contributed by atoms with Crippen LogP contribution < -0.4 is 5.32 Å². The summed E-state index contributed by atoms with van der Waals surface area (Å²) in [6, 6.07) is 0.605. The molecule has 0 aliphatic carbocycles. The number of hydrogen-bond donors (Lipinski definition) is 2. The summed E-state index contributed by atoms with van der Waals surface area (Å²) in [7, 11) is 0. The van der Waals surface area contributed by atoms with E-state index in [1.807, 2.05) is 0 Å². The second-order valence-electron chi connectivity index (χ2n) is 5.68. The molecule has 2 N–H and O–H groups in total. The topological polar surface area (TPSA) is 41.5 Å². The minimum atomic E-state index is 0.0360. The van der Waals surface area contributed by atoms with Crippen LogP contribution in [0.3, 0.4) is 0 Å². The molecule has 3 heteroatoms. The standard InChI is InChI=1S/C13H27NO2/c1-11(10-15)5-4-7-14-12-6-8-16-13(2,3)9-12/h11-12,14-15H,4-10H2,1-3H3. The molecular formula is C13H27NO2. The molecule has 0 aromatic carbocycles. The van der Waals surface area contributed by atoms with Crippen molar-refractivity contribution in [1.82, 2.24) is 5.32 Å². The fourth-order valence-electron chi connectivity index (χ4n) is 2.25. The molecule has 1 aliphatic rings. The molecule has 1 aliphatic heterocycles. The average molecular weight is 229 g/mol. The molecule has 0 aromatic heterocycles. The lowest BCUT2D eigenvalue weighted by molar-refractivity contribution is -0.0628. The normalized spacial score (nSPS) is 26.6. The van der Waals surface area contributed by atoms with Crippen molar-refractivity contribution < 1.29 is 9.84 Å². The Morgan fingerprint density at radius 3 is 2.88 bits per heavy atom. The molecule has 96 valence electrons. The molecule has 1 rings (SSSR count). The first-order chi connectivity index (χ1) is 7.53. The number of hydrogen-bond acceptors (Lipinski definition) is 3. The van der Waals surface area contributed by atoms with Crippen LogP contribution in [0.5, 0.6) is 0 Å². The Morgan fingerprint density at radius 2 is 2.25 bits per heavy atom. The SMILES string of the molecule is CC(CO)CCCNC1CCOC(C)(C)C1. The first kappa shape index (κ1) is 13.9. The molecule has 0 spiro atoms. The van der Waals surface area contributed by atoms with E-state index in [1.165, 1.54) is 0 Å². The maximum atomic E-state index is 8.91. The summed E-state index contributed by atoms with van der Waals surface area (Å²) in [6.45, 7) is 8.66. The first-order valence-electron chi connectivity index (χ1n) is 6.52. The van der Waals surface area contributed by atoms with Gasteiger partial charge in [0.2, 0.25) is 0 Å². The Balaban J connectivity index is 2.09. The monoisotopic (exact) mass is 229 g/mol. The molecule has 0 aromatic rings. The van der Waals surface area contributed by atoms with Crippen LogP contribution >= 0.6 is 0 Å². The summed E-state index contributed by atoms with van der Waals surface area (Å²) in [6.07, 6.45) is 4.48. The smallest absolute Gasteiger partial charge is 0.0641 e. The van der Waals surface area contributed by atoms with E-state index in [4.69, 9.17) is 9.84 Å². The van der Waals surface area contributed by atoms with Crippen molar-refractivity contribution in [3.05, 3.63) is 0 Å². The van der Waals surface area contributed by atoms with Gasteiger partial charge in [0.1, 0.15) is 0 Å². The Morgan fingerprint density at radius 1 is 1.50 bits per heavy atom. The molecule has 1 heterocycles. The highest BCUT2D eigenvalue weighted by Crippen LogP contribution is 2.23. The maximum absolute atomic E-state index is 8.91. The molecule has 1 fully saturated rings. The summed E-state index contributed by atoms with van der Waals surface area (Å²) in [5.74, 6) is 0.438. The number of nitrogens with one attached hydrogen (secondary N) is 1. The maximum Gasteiger partial charge on any atom is 0.0641 e. The number of aliphatic hydroxyl groups is 1. The lowest BCUT2D eigenvalue weighted by Gasteiger charge is -2.36. The highest BCUT2D eigenvalue weighted by Gasteiger charge is 2.28. The highest BCUT2D eigenvalue weighted by atomic mass is 16.5. The van der Waals surface area contributed by atoms with Crippen LogP contribution in [0.1, 0.15) is 46.5 Å². The van der Waals surface area contributed by atoms with Gasteiger partial charge in [0.25, 0.3) is 0 Å². The van der Waals surface area contributed by atoms with Gasteiger partial charge in [-0.25, -0.2) is 0 Å². The summed E-state index contributed by atoms with van der Waals surface area (Å²) < 4.78 is 5.68.